The maximum atomic E-state index is 10.4. The Kier molecular flexibility index (Phi) is 17.9. The smallest absolute Gasteiger partial charge is 0.320 e. The molecule has 0 bridgehead atoms. The van der Waals surface area contributed by atoms with Crippen LogP contribution in [0.15, 0.2) is 35.3 Å². The molecule has 1 aromatic carbocycles. The highest BCUT2D eigenvalue weighted by Gasteiger charge is 2.12. The van der Waals surface area contributed by atoms with Crippen molar-refractivity contribution in [3.8, 4) is 0 Å². The molecule has 0 heterocycles. The summed E-state index contributed by atoms with van der Waals surface area (Å²) >= 11 is 0. The molecule has 1 rings (SSSR count). The van der Waals surface area contributed by atoms with Crippen LogP contribution in [0.25, 0.3) is 0 Å². The predicted molar refractivity (Wildman–Crippen MR) is 125 cm³/mol. The number of carboxylic acids is 3. The Balaban J connectivity index is 0. The molecule has 34 heavy (non-hydrogen) atoms. The van der Waals surface area contributed by atoms with Crippen molar-refractivity contribution >= 4 is 29.8 Å². The zero-order chi connectivity index (χ0) is 26.7. The highest BCUT2D eigenvalue weighted by Crippen LogP contribution is 2.01. The van der Waals surface area contributed by atoms with Crippen LogP contribution in [0.4, 0.5) is 0 Å². The quantitative estimate of drug-likeness (QED) is 0.0861. The molecule has 15 N–H and O–H groups in total. The minimum Gasteiger partial charge on any atom is -0.480 e. The van der Waals surface area contributed by atoms with Crippen molar-refractivity contribution in [1.29, 1.82) is 0 Å². The molecule has 0 saturated carbocycles. The second kappa shape index (κ2) is 18.8. The van der Waals surface area contributed by atoms with Crippen LogP contribution in [0.3, 0.4) is 0 Å². The number of nitrogens with zero attached hydrogens (tertiary/aromatic N) is 1. The summed E-state index contributed by atoms with van der Waals surface area (Å²) in [5.74, 6) is -3.59. The normalized spacial score (nSPS) is 12.3. The van der Waals surface area contributed by atoms with Crippen molar-refractivity contribution in [2.75, 3.05) is 6.54 Å². The summed E-state index contributed by atoms with van der Waals surface area (Å²) in [4.78, 5) is 44.4. The van der Waals surface area contributed by atoms with Gasteiger partial charge in [-0.15, -0.1) is 0 Å². The second-order valence-electron chi connectivity index (χ2n) is 6.98. The number of carbonyl (C=O) groups is 4. The Hall–Kier alpha value is -3.75. The van der Waals surface area contributed by atoms with Gasteiger partial charge >= 0.3 is 17.9 Å². The van der Waals surface area contributed by atoms with E-state index in [1.54, 1.807) is 0 Å². The van der Waals surface area contributed by atoms with Crippen molar-refractivity contribution < 1.29 is 34.5 Å². The lowest BCUT2D eigenvalue weighted by molar-refractivity contribution is -0.139. The molecule has 0 spiro atoms. The molecule has 0 saturated heterocycles. The molecule has 0 aliphatic heterocycles. The summed E-state index contributed by atoms with van der Waals surface area (Å²) in [5.41, 5.74) is 31.4. The molecule has 1 aromatic rings. The molecule has 14 nitrogen and oxygen atoms in total. The molecule has 0 aromatic heterocycles. The molecule has 0 aliphatic carbocycles. The summed E-state index contributed by atoms with van der Waals surface area (Å²) in [5, 5.41) is 25.1. The zero-order valence-corrected chi connectivity index (χ0v) is 18.7. The van der Waals surface area contributed by atoms with E-state index >= 15 is 0 Å². The van der Waals surface area contributed by atoms with Crippen LogP contribution in [0.5, 0.6) is 0 Å². The van der Waals surface area contributed by atoms with Crippen LogP contribution in [0.2, 0.25) is 0 Å². The van der Waals surface area contributed by atoms with Crippen LogP contribution in [0, 0.1) is 0 Å². The number of amides is 1. The Morgan fingerprint density at radius 1 is 0.765 bits per heavy atom. The van der Waals surface area contributed by atoms with Gasteiger partial charge in [-0.05, 0) is 31.2 Å². The number of aliphatic carboxylic acids is 3. The van der Waals surface area contributed by atoms with Gasteiger partial charge in [0.2, 0.25) is 5.91 Å². The first-order valence-corrected chi connectivity index (χ1v) is 10.1. The lowest BCUT2D eigenvalue weighted by atomic mass is 10.1. The molecule has 0 fully saturated rings. The maximum absolute atomic E-state index is 10.4. The van der Waals surface area contributed by atoms with E-state index in [0.29, 0.717) is 25.8 Å². The Morgan fingerprint density at radius 2 is 1.24 bits per heavy atom. The maximum Gasteiger partial charge on any atom is 0.320 e. The number of guanidine groups is 1. The van der Waals surface area contributed by atoms with E-state index in [0.717, 1.165) is 5.56 Å². The number of carbonyl (C=O) groups excluding carboxylic acids is 1. The average molecular weight is 486 g/mol. The number of carboxylic acid groups (broad SMARTS) is 3. The fourth-order valence-corrected chi connectivity index (χ4v) is 2.02. The summed E-state index contributed by atoms with van der Waals surface area (Å²) in [6, 6.07) is 6.74. The number of hydrogen-bond donors (Lipinski definition) is 9. The number of primary amides is 1. The topological polar surface area (TPSA) is 297 Å². The van der Waals surface area contributed by atoms with Crippen LogP contribution < -0.4 is 34.4 Å². The highest BCUT2D eigenvalue weighted by atomic mass is 16.4. The van der Waals surface area contributed by atoms with E-state index < -0.39 is 41.9 Å². The van der Waals surface area contributed by atoms with E-state index in [1.165, 1.54) is 0 Å². The minimum absolute atomic E-state index is 0.0129. The first kappa shape index (κ1) is 32.4. The summed E-state index contributed by atoms with van der Waals surface area (Å²) in [6.45, 7) is 0.420. The van der Waals surface area contributed by atoms with Gasteiger partial charge in [-0.3, -0.25) is 24.2 Å². The van der Waals surface area contributed by atoms with Crippen molar-refractivity contribution in [2.45, 2.75) is 50.2 Å². The minimum atomic E-state index is -1.11. The lowest BCUT2D eigenvalue weighted by Gasteiger charge is -2.04. The monoisotopic (exact) mass is 485 g/mol. The van der Waals surface area contributed by atoms with E-state index in [-0.39, 0.29) is 18.8 Å². The lowest BCUT2D eigenvalue weighted by Crippen LogP contribution is -2.32. The molecule has 0 unspecified atom stereocenters. The first-order valence-electron chi connectivity index (χ1n) is 10.1. The van der Waals surface area contributed by atoms with Gasteiger partial charge in [0.05, 0.1) is 0 Å². The highest BCUT2D eigenvalue weighted by molar-refractivity contribution is 5.77. The fraction of sp³-hybridized carbons (Fsp3) is 0.450. The van der Waals surface area contributed by atoms with Gasteiger partial charge in [-0.2, -0.15) is 0 Å². The third-order valence-electron chi connectivity index (χ3n) is 3.92. The van der Waals surface area contributed by atoms with Crippen LogP contribution in [0.1, 0.15) is 31.2 Å². The Bertz CT molecular complexity index is 787. The summed E-state index contributed by atoms with van der Waals surface area (Å²) in [7, 11) is 0. The molecule has 14 heteroatoms. The van der Waals surface area contributed by atoms with Crippen molar-refractivity contribution in [2.24, 2.45) is 39.4 Å². The molecule has 0 aliphatic rings. The van der Waals surface area contributed by atoms with E-state index in [1.807, 2.05) is 30.3 Å². The van der Waals surface area contributed by atoms with Gasteiger partial charge in [0.25, 0.3) is 0 Å². The molecular formula is C20H35N7O7. The standard InChI is InChI=1S/C9H11NO2.C6H14N4O2.C5H10N2O3/c10-8(9(11)12)6-7-4-2-1-3-5-7;7-4(5(11)12)2-1-3-10-6(8)9;6-3(5(9)10)1-2-4(7)8/h1-5,8H,6,10H2,(H,11,12);4H,1-3,7H2,(H,11,12)(H4,8,9,10);3H,1-2,6H2,(H2,7,8)(H,9,10)/t8-;4-;3-/m000/s1. The van der Waals surface area contributed by atoms with E-state index in [2.05, 4.69) is 4.99 Å². The third kappa shape index (κ3) is 20.2. The zero-order valence-electron chi connectivity index (χ0n) is 18.7. The van der Waals surface area contributed by atoms with E-state index in [4.69, 9.17) is 49.7 Å². The molecule has 3 atom stereocenters. The van der Waals surface area contributed by atoms with E-state index in [9.17, 15) is 19.2 Å². The van der Waals surface area contributed by atoms with Gasteiger partial charge in [0.1, 0.15) is 18.1 Å². The molecule has 1 amide bonds. The third-order valence-corrected chi connectivity index (χ3v) is 3.92. The second-order valence-corrected chi connectivity index (χ2v) is 6.98. The number of hydrogen-bond acceptors (Lipinski definition) is 8. The number of aliphatic imine (C=N–C) groups is 1. The van der Waals surface area contributed by atoms with Crippen molar-refractivity contribution in [3.05, 3.63) is 35.9 Å². The van der Waals surface area contributed by atoms with Crippen LogP contribution in [-0.4, -0.2) is 69.8 Å². The van der Waals surface area contributed by atoms with Gasteiger partial charge in [-0.1, -0.05) is 30.3 Å². The van der Waals surface area contributed by atoms with Crippen molar-refractivity contribution in [1.82, 2.24) is 0 Å². The molecule has 192 valence electrons. The van der Waals surface area contributed by atoms with Gasteiger partial charge in [0, 0.05) is 13.0 Å². The fourth-order valence-electron chi connectivity index (χ4n) is 2.02. The molecular weight excluding hydrogens is 450 g/mol. The summed E-state index contributed by atoms with van der Waals surface area (Å²) in [6.07, 6.45) is 1.46. The predicted octanol–water partition coefficient (Wildman–Crippen LogP) is -2.24. The van der Waals surface area contributed by atoms with Crippen LogP contribution >= 0.6 is 0 Å². The van der Waals surface area contributed by atoms with Gasteiger partial charge in [0.15, 0.2) is 5.96 Å². The number of benzene rings is 1. The van der Waals surface area contributed by atoms with Gasteiger partial charge < -0.3 is 49.7 Å². The number of rotatable bonds is 12. The number of nitrogens with two attached hydrogens (primary N) is 6. The largest absolute Gasteiger partial charge is 0.480 e. The average Bonchev–Trinajstić information content (AvgIpc) is 2.76. The van der Waals surface area contributed by atoms with Crippen LogP contribution in [-0.2, 0) is 25.6 Å². The Morgan fingerprint density at radius 3 is 1.65 bits per heavy atom. The Labute approximate surface area is 197 Å². The summed E-state index contributed by atoms with van der Waals surface area (Å²) < 4.78 is 0. The first-order chi connectivity index (χ1) is 15.8. The van der Waals surface area contributed by atoms with Crippen molar-refractivity contribution in [3.63, 3.8) is 0 Å². The SMILES string of the molecule is NC(=O)CC[C@H](N)C(=O)O.NC(N)=NCCC[C@H](N)C(=O)O.N[C@@H](Cc1ccccc1)C(=O)O. The van der Waals surface area contributed by atoms with Gasteiger partial charge in [-0.25, -0.2) is 0 Å². The molecule has 0 radical (unpaired) electrons.